The quantitative estimate of drug-likeness (QED) is 0.548. The number of hydrogen-bond donors (Lipinski definition) is 2. The Labute approximate surface area is 181 Å². The molecule has 4 rings (SSSR count). The van der Waals surface area contributed by atoms with Gasteiger partial charge < -0.3 is 19.9 Å². The van der Waals surface area contributed by atoms with Gasteiger partial charge >= 0.3 is 0 Å². The molecule has 0 unspecified atom stereocenters. The van der Waals surface area contributed by atoms with Crippen LogP contribution in [0, 0.1) is 0 Å². The van der Waals surface area contributed by atoms with Gasteiger partial charge in [-0.3, -0.25) is 9.59 Å². The first kappa shape index (κ1) is 20.7. The number of anilines is 1. The van der Waals surface area contributed by atoms with Gasteiger partial charge in [0.2, 0.25) is 0 Å². The summed E-state index contributed by atoms with van der Waals surface area (Å²) in [5, 5.41) is 6.09. The van der Waals surface area contributed by atoms with Crippen LogP contribution in [0.1, 0.15) is 45.1 Å². The van der Waals surface area contributed by atoms with E-state index >= 15 is 0 Å². The lowest BCUT2D eigenvalue weighted by Crippen LogP contribution is -2.28. The number of imidazole rings is 1. The summed E-state index contributed by atoms with van der Waals surface area (Å²) in [6.07, 6.45) is 2.87. The fraction of sp³-hybridized carbons (Fsp3) is 0.292. The number of amides is 1. The maximum absolute atomic E-state index is 13.1. The molecule has 0 saturated carbocycles. The van der Waals surface area contributed by atoms with E-state index in [1.807, 2.05) is 47.0 Å². The second-order valence-corrected chi connectivity index (χ2v) is 7.51. The standard InChI is InChI=1S/C24H26N4O3/c1-31-19-11-7-8-17(14-19)15-26-24(30)22-23(27-21-12-5-6-13-28(21)22)25-16-20(29)18-9-3-2-4-10-18/h2-4,7-11,14,25H,5-6,12-13,15-16H2,1H3,(H,26,30). The van der Waals surface area contributed by atoms with Crippen molar-refractivity contribution in [2.45, 2.75) is 32.4 Å². The molecule has 0 bridgehead atoms. The van der Waals surface area contributed by atoms with Crippen LogP contribution in [-0.2, 0) is 19.5 Å². The Morgan fingerprint density at radius 3 is 2.74 bits per heavy atom. The Morgan fingerprint density at radius 1 is 1.10 bits per heavy atom. The summed E-state index contributed by atoms with van der Waals surface area (Å²) < 4.78 is 7.22. The molecular weight excluding hydrogens is 392 g/mol. The largest absolute Gasteiger partial charge is 0.497 e. The predicted molar refractivity (Wildman–Crippen MR) is 119 cm³/mol. The Morgan fingerprint density at radius 2 is 1.94 bits per heavy atom. The number of nitrogens with one attached hydrogen (secondary N) is 2. The van der Waals surface area contributed by atoms with E-state index in [0.29, 0.717) is 23.6 Å². The van der Waals surface area contributed by atoms with Crippen LogP contribution in [0.4, 0.5) is 5.82 Å². The molecule has 0 fully saturated rings. The number of hydrogen-bond acceptors (Lipinski definition) is 5. The molecule has 0 radical (unpaired) electrons. The van der Waals surface area contributed by atoms with Crippen LogP contribution >= 0.6 is 0 Å². The molecule has 7 nitrogen and oxygen atoms in total. The average Bonchev–Trinajstić information content (AvgIpc) is 3.20. The minimum atomic E-state index is -0.210. The van der Waals surface area contributed by atoms with Crippen LogP contribution in [0.3, 0.4) is 0 Å². The van der Waals surface area contributed by atoms with Crippen molar-refractivity contribution in [3.05, 3.63) is 77.2 Å². The van der Waals surface area contributed by atoms with Crippen LogP contribution < -0.4 is 15.4 Å². The average molecular weight is 418 g/mol. The number of ether oxygens (including phenoxy) is 1. The lowest BCUT2D eigenvalue weighted by molar-refractivity contribution is 0.0939. The third-order valence-corrected chi connectivity index (χ3v) is 5.39. The van der Waals surface area contributed by atoms with Crippen LogP contribution in [0.2, 0.25) is 0 Å². The minimum absolute atomic E-state index is 0.0469. The topological polar surface area (TPSA) is 85.2 Å². The van der Waals surface area contributed by atoms with Crippen molar-refractivity contribution in [1.29, 1.82) is 0 Å². The van der Waals surface area contributed by atoms with Crippen molar-refractivity contribution in [2.24, 2.45) is 0 Å². The van der Waals surface area contributed by atoms with E-state index in [0.717, 1.165) is 42.9 Å². The van der Waals surface area contributed by atoms with Crippen molar-refractivity contribution in [3.63, 3.8) is 0 Å². The van der Waals surface area contributed by atoms with E-state index in [2.05, 4.69) is 15.6 Å². The van der Waals surface area contributed by atoms with Crippen molar-refractivity contribution < 1.29 is 14.3 Å². The predicted octanol–water partition coefficient (Wildman–Crippen LogP) is 3.45. The zero-order valence-electron chi connectivity index (χ0n) is 17.6. The van der Waals surface area contributed by atoms with E-state index < -0.39 is 0 Å². The molecule has 2 N–H and O–H groups in total. The van der Waals surface area contributed by atoms with E-state index in [9.17, 15) is 9.59 Å². The highest BCUT2D eigenvalue weighted by Crippen LogP contribution is 2.24. The fourth-order valence-electron chi connectivity index (χ4n) is 3.78. The van der Waals surface area contributed by atoms with Gasteiger partial charge in [0.05, 0.1) is 13.7 Å². The summed E-state index contributed by atoms with van der Waals surface area (Å²) in [5.74, 6) is 1.83. The van der Waals surface area contributed by atoms with Gasteiger partial charge in [-0.25, -0.2) is 4.98 Å². The summed E-state index contributed by atoms with van der Waals surface area (Å²) >= 11 is 0. The molecule has 160 valence electrons. The van der Waals surface area contributed by atoms with Crippen molar-refractivity contribution >= 4 is 17.5 Å². The zero-order chi connectivity index (χ0) is 21.6. The molecule has 0 aliphatic carbocycles. The Hall–Kier alpha value is -3.61. The molecule has 1 aliphatic heterocycles. The lowest BCUT2D eigenvalue weighted by atomic mass is 10.1. The molecule has 0 saturated heterocycles. The number of carbonyl (C=O) groups excluding carboxylic acids is 2. The number of benzene rings is 2. The monoisotopic (exact) mass is 418 g/mol. The number of aryl methyl sites for hydroxylation is 1. The molecule has 0 atom stereocenters. The number of aromatic nitrogens is 2. The highest BCUT2D eigenvalue weighted by Gasteiger charge is 2.25. The lowest BCUT2D eigenvalue weighted by Gasteiger charge is -2.16. The summed E-state index contributed by atoms with van der Waals surface area (Å²) in [6, 6.07) is 16.7. The first-order chi connectivity index (χ1) is 15.2. The maximum atomic E-state index is 13.1. The Balaban J connectivity index is 1.50. The SMILES string of the molecule is COc1cccc(CNC(=O)c2c(NCC(=O)c3ccccc3)nc3n2CCCC3)c1. The normalized spacial score (nSPS) is 12.7. The minimum Gasteiger partial charge on any atom is -0.497 e. The van der Waals surface area contributed by atoms with Crippen LogP contribution in [0.5, 0.6) is 5.75 Å². The van der Waals surface area contributed by atoms with E-state index in [1.165, 1.54) is 0 Å². The number of carbonyl (C=O) groups is 2. The van der Waals surface area contributed by atoms with Crippen molar-refractivity contribution in [2.75, 3.05) is 19.0 Å². The number of fused-ring (bicyclic) bond motifs is 1. The number of methoxy groups -OCH3 is 1. The van der Waals surface area contributed by atoms with E-state index in [1.54, 1.807) is 19.2 Å². The Kier molecular flexibility index (Phi) is 6.31. The van der Waals surface area contributed by atoms with Gasteiger partial charge in [-0.1, -0.05) is 42.5 Å². The second-order valence-electron chi connectivity index (χ2n) is 7.51. The van der Waals surface area contributed by atoms with E-state index in [4.69, 9.17) is 4.74 Å². The number of rotatable bonds is 8. The number of ketones is 1. The summed E-state index contributed by atoms with van der Waals surface area (Å²) in [4.78, 5) is 30.3. The first-order valence-corrected chi connectivity index (χ1v) is 10.5. The fourth-order valence-corrected chi connectivity index (χ4v) is 3.78. The molecule has 1 amide bonds. The molecule has 1 aliphatic rings. The molecule has 2 aromatic carbocycles. The summed E-state index contributed by atoms with van der Waals surface area (Å²) in [6.45, 7) is 1.20. The van der Waals surface area contributed by atoms with Gasteiger partial charge in [-0.05, 0) is 30.5 Å². The maximum Gasteiger partial charge on any atom is 0.272 e. The van der Waals surface area contributed by atoms with Crippen LogP contribution in [0.15, 0.2) is 54.6 Å². The molecule has 2 heterocycles. The molecular formula is C24H26N4O3. The zero-order valence-corrected chi connectivity index (χ0v) is 17.6. The first-order valence-electron chi connectivity index (χ1n) is 10.5. The van der Waals surface area contributed by atoms with Gasteiger partial charge in [0, 0.05) is 25.1 Å². The third-order valence-electron chi connectivity index (χ3n) is 5.39. The van der Waals surface area contributed by atoms with E-state index in [-0.39, 0.29) is 18.2 Å². The van der Waals surface area contributed by atoms with Gasteiger partial charge in [0.15, 0.2) is 17.3 Å². The highest BCUT2D eigenvalue weighted by molar-refractivity contribution is 6.01. The number of Topliss-reactive ketones (excluding diaryl/α,β-unsaturated/α-hetero) is 1. The van der Waals surface area contributed by atoms with Gasteiger partial charge in [-0.15, -0.1) is 0 Å². The smallest absolute Gasteiger partial charge is 0.272 e. The van der Waals surface area contributed by atoms with Gasteiger partial charge in [0.25, 0.3) is 5.91 Å². The number of nitrogens with zero attached hydrogens (tertiary/aromatic N) is 2. The third kappa shape index (κ3) is 4.77. The van der Waals surface area contributed by atoms with Gasteiger partial charge in [-0.2, -0.15) is 0 Å². The summed E-state index contributed by atoms with van der Waals surface area (Å²) in [5.41, 5.74) is 2.06. The van der Waals surface area contributed by atoms with Gasteiger partial charge in [0.1, 0.15) is 11.6 Å². The second kappa shape index (κ2) is 9.47. The van der Waals surface area contributed by atoms with Crippen LogP contribution in [0.25, 0.3) is 0 Å². The molecule has 7 heteroatoms. The molecule has 3 aromatic rings. The highest BCUT2D eigenvalue weighted by atomic mass is 16.5. The Bertz CT molecular complexity index is 1080. The van der Waals surface area contributed by atoms with Crippen LogP contribution in [-0.4, -0.2) is 34.9 Å². The molecule has 31 heavy (non-hydrogen) atoms. The molecule has 0 spiro atoms. The molecule has 1 aromatic heterocycles. The summed E-state index contributed by atoms with van der Waals surface area (Å²) in [7, 11) is 1.62. The van der Waals surface area contributed by atoms with Crippen molar-refractivity contribution in [3.8, 4) is 5.75 Å². The van der Waals surface area contributed by atoms with Crippen molar-refractivity contribution in [1.82, 2.24) is 14.9 Å².